The number of para-hydroxylation sites is 1. The second-order valence-corrected chi connectivity index (χ2v) is 12.9. The van der Waals surface area contributed by atoms with Crippen molar-refractivity contribution in [2.45, 2.75) is 32.0 Å². The van der Waals surface area contributed by atoms with Crippen LogP contribution in [0.2, 0.25) is 0 Å². The van der Waals surface area contributed by atoms with Crippen molar-refractivity contribution < 1.29 is 18.3 Å². The molecule has 12 nitrogen and oxygen atoms in total. The van der Waals surface area contributed by atoms with Crippen LogP contribution in [0.4, 0.5) is 20.4 Å². The Morgan fingerprint density at radius 3 is 2.80 bits per heavy atom. The Morgan fingerprint density at radius 2 is 1.90 bits per heavy atom. The lowest BCUT2D eigenvalue weighted by Gasteiger charge is -2.31. The van der Waals surface area contributed by atoms with Crippen molar-refractivity contribution in [3.8, 4) is 16.9 Å². The summed E-state index contributed by atoms with van der Waals surface area (Å²) >= 11 is 0. The average molecular weight is 663 g/mol. The van der Waals surface area contributed by atoms with E-state index in [9.17, 15) is 13.6 Å². The van der Waals surface area contributed by atoms with Crippen LogP contribution in [0.1, 0.15) is 12.2 Å². The Morgan fingerprint density at radius 1 is 1.00 bits per heavy atom. The highest BCUT2D eigenvalue weighted by Crippen LogP contribution is 2.35. The molecule has 14 heteroatoms. The first kappa shape index (κ1) is 29.6. The third-order valence-corrected chi connectivity index (χ3v) is 9.77. The Balaban J connectivity index is 1.15. The summed E-state index contributed by atoms with van der Waals surface area (Å²) in [7, 11) is 0. The molecule has 248 valence electrons. The number of pyridine rings is 1. The number of ether oxygens (including phenoxy) is 1. The number of hydrogen-bond acceptors (Lipinski definition) is 9. The van der Waals surface area contributed by atoms with E-state index in [2.05, 4.69) is 31.0 Å². The smallest absolute Gasteiger partial charge is 0.245 e. The Kier molecular flexibility index (Phi) is 7.00. The van der Waals surface area contributed by atoms with Gasteiger partial charge in [-0.3, -0.25) is 4.79 Å². The Hall–Kier alpha value is -5.50. The zero-order chi connectivity index (χ0) is 33.2. The fourth-order valence-corrected chi connectivity index (χ4v) is 7.56. The molecule has 4 aromatic heterocycles. The summed E-state index contributed by atoms with van der Waals surface area (Å²) in [6.07, 6.45) is 3.45. The number of nitrogens with zero attached hydrogens (tertiary/aromatic N) is 9. The first-order chi connectivity index (χ1) is 23.9. The maximum absolute atomic E-state index is 14.8. The van der Waals surface area contributed by atoms with E-state index >= 15 is 0 Å². The highest BCUT2D eigenvalue weighted by Gasteiger charge is 2.42. The molecule has 0 spiro atoms. The maximum Gasteiger partial charge on any atom is 0.245 e. The lowest BCUT2D eigenvalue weighted by atomic mass is 10.1. The molecule has 49 heavy (non-hydrogen) atoms. The quantitative estimate of drug-likeness (QED) is 0.289. The summed E-state index contributed by atoms with van der Waals surface area (Å²) in [5.41, 5.74) is 4.14. The predicted octanol–water partition coefficient (Wildman–Crippen LogP) is 4.36. The number of benzene rings is 2. The minimum Gasteiger partial charge on any atom is -0.379 e. The van der Waals surface area contributed by atoms with Gasteiger partial charge in [-0.1, -0.05) is 18.2 Å². The van der Waals surface area contributed by atoms with E-state index in [0.717, 1.165) is 34.2 Å². The lowest BCUT2D eigenvalue weighted by molar-refractivity contribution is -0.132. The third-order valence-electron chi connectivity index (χ3n) is 9.77. The monoisotopic (exact) mass is 662 g/mol. The van der Waals surface area contributed by atoms with E-state index in [1.54, 1.807) is 6.20 Å². The van der Waals surface area contributed by atoms with Crippen molar-refractivity contribution in [1.82, 2.24) is 39.2 Å². The second kappa shape index (κ2) is 11.6. The van der Waals surface area contributed by atoms with Gasteiger partial charge >= 0.3 is 0 Å². The molecule has 7 heterocycles. The summed E-state index contributed by atoms with van der Waals surface area (Å²) in [5, 5.41) is 8.56. The number of imidazole rings is 1. The first-order valence-electron chi connectivity index (χ1n) is 16.4. The van der Waals surface area contributed by atoms with E-state index in [1.165, 1.54) is 23.1 Å². The van der Waals surface area contributed by atoms with Gasteiger partial charge in [0.1, 0.15) is 41.3 Å². The summed E-state index contributed by atoms with van der Waals surface area (Å²) in [4.78, 5) is 37.5. The number of halogens is 2. The van der Waals surface area contributed by atoms with Crippen LogP contribution in [0, 0.1) is 24.5 Å². The number of anilines is 2. The van der Waals surface area contributed by atoms with E-state index < -0.39 is 17.7 Å². The van der Waals surface area contributed by atoms with Crippen LogP contribution in [-0.4, -0.2) is 90.0 Å². The van der Waals surface area contributed by atoms with E-state index in [-0.39, 0.29) is 23.6 Å². The van der Waals surface area contributed by atoms with Crippen molar-refractivity contribution in [3.05, 3.63) is 84.6 Å². The lowest BCUT2D eigenvalue weighted by Crippen LogP contribution is -2.48. The minimum absolute atomic E-state index is 0.0204. The largest absolute Gasteiger partial charge is 0.379 e. The van der Waals surface area contributed by atoms with Crippen LogP contribution in [-0.2, 0) is 16.1 Å². The van der Waals surface area contributed by atoms with Gasteiger partial charge in [0.15, 0.2) is 11.5 Å². The van der Waals surface area contributed by atoms with Crippen LogP contribution in [0.25, 0.3) is 39.0 Å². The van der Waals surface area contributed by atoms with Crippen LogP contribution in [0.15, 0.2) is 67.1 Å². The molecule has 3 aliphatic heterocycles. The number of carbonyl (C=O) groups is 1. The molecule has 1 N–H and O–H groups in total. The van der Waals surface area contributed by atoms with Gasteiger partial charge in [0.2, 0.25) is 5.91 Å². The van der Waals surface area contributed by atoms with Crippen molar-refractivity contribution in [2.24, 2.45) is 5.92 Å². The van der Waals surface area contributed by atoms with E-state index in [0.29, 0.717) is 68.5 Å². The number of carbonyl (C=O) groups excluding carboxylic acids is 1. The molecule has 1 amide bonds. The van der Waals surface area contributed by atoms with Gasteiger partial charge in [0, 0.05) is 49.8 Å². The van der Waals surface area contributed by atoms with Gasteiger partial charge < -0.3 is 24.4 Å². The van der Waals surface area contributed by atoms with Crippen molar-refractivity contribution in [3.63, 3.8) is 0 Å². The van der Waals surface area contributed by atoms with Gasteiger partial charge in [-0.15, -0.1) is 0 Å². The fourth-order valence-electron chi connectivity index (χ4n) is 7.56. The Labute approximate surface area is 279 Å². The molecule has 0 aliphatic carbocycles. The van der Waals surface area contributed by atoms with Gasteiger partial charge in [-0.05, 0) is 43.7 Å². The molecule has 6 bridgehead atoms. The normalized spacial score (nSPS) is 21.0. The number of hydrogen-bond donors (Lipinski definition) is 1. The van der Waals surface area contributed by atoms with Gasteiger partial charge in [-0.2, -0.15) is 5.10 Å². The zero-order valence-corrected chi connectivity index (χ0v) is 26.6. The summed E-state index contributed by atoms with van der Waals surface area (Å²) in [6, 6.07) is 14.6. The van der Waals surface area contributed by atoms with Crippen LogP contribution in [0.3, 0.4) is 0 Å². The molecule has 0 radical (unpaired) electrons. The number of fused-ring (bicyclic) bond motifs is 8. The molecule has 0 unspecified atom stereocenters. The molecule has 3 aliphatic rings. The topological polar surface area (TPSA) is 119 Å². The number of aryl methyl sites for hydroxylation is 1. The molecule has 2 fully saturated rings. The number of aromatic nitrogens is 7. The SMILES string of the molecule is Cc1nc2cccc3c2n1C[C@@H]1COCCN(C1)C(=O)[C@@H]1C[C@@H](CN1c1ncnc2c1cnn2-c1ccc(F)cc1F)Nc1cccc-3n1. The second-order valence-electron chi connectivity index (χ2n) is 12.9. The molecule has 2 saturated heterocycles. The van der Waals surface area contributed by atoms with Gasteiger partial charge in [0.25, 0.3) is 0 Å². The number of rotatable bonds is 2. The maximum atomic E-state index is 14.8. The minimum atomic E-state index is -0.765. The van der Waals surface area contributed by atoms with Crippen molar-refractivity contribution >= 4 is 39.6 Å². The molecule has 0 saturated carbocycles. The predicted molar refractivity (Wildman–Crippen MR) is 178 cm³/mol. The van der Waals surface area contributed by atoms with Crippen LogP contribution >= 0.6 is 0 Å². The molecule has 3 atom stereocenters. The van der Waals surface area contributed by atoms with Crippen molar-refractivity contribution in [2.75, 3.05) is 43.1 Å². The van der Waals surface area contributed by atoms with Gasteiger partial charge in [-0.25, -0.2) is 33.4 Å². The summed E-state index contributed by atoms with van der Waals surface area (Å²) in [6.45, 7) is 5.03. The first-order valence-corrected chi connectivity index (χ1v) is 16.4. The average Bonchev–Trinajstić information content (AvgIpc) is 3.74. The van der Waals surface area contributed by atoms with Gasteiger partial charge in [0.05, 0.1) is 41.5 Å². The van der Waals surface area contributed by atoms with Crippen LogP contribution in [0.5, 0.6) is 0 Å². The zero-order valence-electron chi connectivity index (χ0n) is 26.6. The molecular weight excluding hydrogens is 630 g/mol. The van der Waals surface area contributed by atoms with E-state index in [1.807, 2.05) is 47.1 Å². The van der Waals surface area contributed by atoms with E-state index in [4.69, 9.17) is 14.7 Å². The number of amides is 1. The summed E-state index contributed by atoms with van der Waals surface area (Å²) in [5.74, 6) is 0.654. The highest BCUT2D eigenvalue weighted by atomic mass is 19.1. The molecule has 6 aromatic rings. The highest BCUT2D eigenvalue weighted by molar-refractivity contribution is 5.93. The Bertz CT molecular complexity index is 2250. The molecule has 9 rings (SSSR count). The standard InChI is InChI=1S/C35H32F2N10O2/c1-20-41-28-6-2-4-24-27-5-3-7-31(43-27)42-23-13-30(35(48)44-10-11-49-18-21(15-44)16-45(20)32(24)28)46(17-23)33-25-14-40-47(34(25)39-19-38-33)29-9-8-22(36)12-26(29)37/h2-9,12,14,19,21,23,30H,10-11,13,15-18H2,1H3,(H,42,43)/t21-,23+,30+/m1/s1. The molecular formula is C35H32F2N10O2. The van der Waals surface area contributed by atoms with Crippen molar-refractivity contribution in [1.29, 1.82) is 0 Å². The number of nitrogens with one attached hydrogen (secondary N) is 1. The third kappa shape index (κ3) is 5.05. The molecule has 2 aromatic carbocycles. The van der Waals surface area contributed by atoms with Crippen LogP contribution < -0.4 is 10.2 Å². The summed E-state index contributed by atoms with van der Waals surface area (Å²) < 4.78 is 38.2. The fraction of sp³-hybridized carbons (Fsp3) is 0.314.